The van der Waals surface area contributed by atoms with Gasteiger partial charge < -0.3 is 0 Å². The third-order valence-corrected chi connectivity index (χ3v) is 2.16. The van der Waals surface area contributed by atoms with E-state index in [1.807, 2.05) is 0 Å². The maximum atomic E-state index is 13.9. The number of hydrogen-bond donors (Lipinski definition) is 0. The molecule has 1 heterocycles. The van der Waals surface area contributed by atoms with Gasteiger partial charge in [0, 0.05) is 12.1 Å². The van der Waals surface area contributed by atoms with Crippen molar-refractivity contribution in [3.63, 3.8) is 0 Å². The maximum Gasteiger partial charge on any atom is 0.489 e. The first-order chi connectivity index (χ1) is 7.21. The normalized spacial score (nSPS) is 11.3. The zero-order valence-corrected chi connectivity index (χ0v) is 7.98. The summed E-state index contributed by atoms with van der Waals surface area (Å²) in [4.78, 5) is 0. The Hall–Kier alpha value is -1.77. The smallest absolute Gasteiger partial charge is 0.137 e. The number of rotatable bonds is 2. The minimum absolute atomic E-state index is 0.0128. The Bertz CT molecular complexity index is 384. The van der Waals surface area contributed by atoms with Gasteiger partial charge in [-0.05, 0) is 12.1 Å². The number of alkyl halides is 2. The van der Waals surface area contributed by atoms with Crippen LogP contribution < -0.4 is 4.57 Å². The molecule has 0 atom stereocenters. The molecule has 0 spiro atoms. The van der Waals surface area contributed by atoms with Gasteiger partial charge in [-0.1, -0.05) is 24.3 Å². The van der Waals surface area contributed by atoms with Gasteiger partial charge in [0.25, 0.3) is 0 Å². The van der Waals surface area contributed by atoms with Crippen molar-refractivity contribution in [2.24, 2.45) is 0 Å². The van der Waals surface area contributed by atoms with Crippen LogP contribution in [0.4, 0.5) is 8.78 Å². The Morgan fingerprint density at radius 1 is 0.800 bits per heavy atom. The summed E-state index contributed by atoms with van der Waals surface area (Å²) < 4.78 is 28.6. The standard InChI is InChI=1S/C12H10F2N/c13-12(14,11-7-3-1-4-8-11)15-9-5-2-6-10-15/h1-10H/q+1. The second kappa shape index (κ2) is 3.77. The van der Waals surface area contributed by atoms with Gasteiger partial charge in [0.1, 0.15) is 0 Å². The molecule has 3 heteroatoms. The lowest BCUT2D eigenvalue weighted by atomic mass is 10.2. The lowest BCUT2D eigenvalue weighted by Gasteiger charge is -2.09. The topological polar surface area (TPSA) is 3.88 Å². The molecule has 76 valence electrons. The van der Waals surface area contributed by atoms with E-state index in [9.17, 15) is 8.78 Å². The average molecular weight is 206 g/mol. The molecule has 0 bridgehead atoms. The molecule has 0 radical (unpaired) electrons. The fraction of sp³-hybridized carbons (Fsp3) is 0.0833. The highest BCUT2D eigenvalue weighted by Crippen LogP contribution is 2.23. The molecule has 1 aromatic carbocycles. The Morgan fingerprint density at radius 3 is 1.93 bits per heavy atom. The van der Waals surface area contributed by atoms with Crippen molar-refractivity contribution in [3.05, 3.63) is 66.5 Å². The van der Waals surface area contributed by atoms with Crippen LogP contribution in [0.1, 0.15) is 5.56 Å². The van der Waals surface area contributed by atoms with Crippen LogP contribution >= 0.6 is 0 Å². The zero-order valence-electron chi connectivity index (χ0n) is 7.98. The van der Waals surface area contributed by atoms with E-state index in [0.29, 0.717) is 0 Å². The second-order valence-electron chi connectivity index (χ2n) is 3.19. The van der Waals surface area contributed by atoms with Crippen molar-refractivity contribution >= 4 is 0 Å². The third kappa shape index (κ3) is 1.86. The molecule has 0 unspecified atom stereocenters. The zero-order chi connectivity index (χ0) is 10.7. The van der Waals surface area contributed by atoms with Gasteiger partial charge in [-0.2, -0.15) is 0 Å². The monoisotopic (exact) mass is 206 g/mol. The van der Waals surface area contributed by atoms with Crippen molar-refractivity contribution in [3.8, 4) is 0 Å². The molecule has 2 aromatic rings. The Kier molecular flexibility index (Phi) is 2.46. The molecule has 15 heavy (non-hydrogen) atoms. The van der Waals surface area contributed by atoms with E-state index >= 15 is 0 Å². The minimum atomic E-state index is -3.00. The molecular weight excluding hydrogens is 196 g/mol. The summed E-state index contributed by atoms with van der Waals surface area (Å²) in [5.41, 5.74) is -0.0128. The van der Waals surface area contributed by atoms with E-state index in [2.05, 4.69) is 0 Å². The molecule has 0 amide bonds. The molecule has 0 aliphatic heterocycles. The van der Waals surface area contributed by atoms with Crippen molar-refractivity contribution < 1.29 is 13.3 Å². The van der Waals surface area contributed by atoms with Crippen LogP contribution in [-0.4, -0.2) is 0 Å². The lowest BCUT2D eigenvalue weighted by Crippen LogP contribution is -2.50. The van der Waals surface area contributed by atoms with Gasteiger partial charge in [0.2, 0.25) is 0 Å². The molecule has 1 aromatic heterocycles. The number of aromatic nitrogens is 1. The Balaban J connectivity index is 2.44. The van der Waals surface area contributed by atoms with Gasteiger partial charge in [0.15, 0.2) is 12.4 Å². The van der Waals surface area contributed by atoms with Gasteiger partial charge in [-0.25, -0.2) is 0 Å². The number of hydrogen-bond acceptors (Lipinski definition) is 0. The highest BCUT2D eigenvalue weighted by Gasteiger charge is 2.42. The Labute approximate surface area is 86.6 Å². The first kappa shape index (κ1) is 9.77. The van der Waals surface area contributed by atoms with Crippen LogP contribution in [0.25, 0.3) is 0 Å². The number of benzene rings is 1. The van der Waals surface area contributed by atoms with Gasteiger partial charge >= 0.3 is 6.05 Å². The van der Waals surface area contributed by atoms with Crippen LogP contribution in [-0.2, 0) is 6.05 Å². The molecule has 2 rings (SSSR count). The largest absolute Gasteiger partial charge is 0.489 e. The minimum Gasteiger partial charge on any atom is -0.137 e. The fourth-order valence-electron chi connectivity index (χ4n) is 1.37. The molecule has 0 aliphatic carbocycles. The summed E-state index contributed by atoms with van der Waals surface area (Å²) in [6.45, 7) is 0. The summed E-state index contributed by atoms with van der Waals surface area (Å²) in [5, 5.41) is 0. The van der Waals surface area contributed by atoms with E-state index in [-0.39, 0.29) is 5.56 Å². The molecule has 0 aliphatic rings. The van der Waals surface area contributed by atoms with E-state index < -0.39 is 6.05 Å². The van der Waals surface area contributed by atoms with Gasteiger partial charge in [0.05, 0.1) is 5.56 Å². The van der Waals surface area contributed by atoms with Crippen molar-refractivity contribution in [1.82, 2.24) is 0 Å². The molecule has 0 saturated carbocycles. The van der Waals surface area contributed by atoms with Crippen LogP contribution in [0.15, 0.2) is 60.9 Å². The van der Waals surface area contributed by atoms with Gasteiger partial charge in [-0.15, -0.1) is 13.3 Å². The number of pyridine rings is 1. The first-order valence-corrected chi connectivity index (χ1v) is 4.61. The van der Waals surface area contributed by atoms with Crippen LogP contribution in [0.3, 0.4) is 0 Å². The number of halogens is 2. The van der Waals surface area contributed by atoms with Crippen LogP contribution in [0.5, 0.6) is 0 Å². The first-order valence-electron chi connectivity index (χ1n) is 4.61. The van der Waals surface area contributed by atoms with E-state index in [4.69, 9.17) is 0 Å². The molecule has 0 N–H and O–H groups in total. The average Bonchev–Trinajstić information content (AvgIpc) is 2.31. The molecule has 0 saturated heterocycles. The lowest BCUT2D eigenvalue weighted by molar-refractivity contribution is -0.811. The predicted molar refractivity (Wildman–Crippen MR) is 52.4 cm³/mol. The SMILES string of the molecule is FC(F)(c1ccccc1)[n+]1ccccc1. The molecule has 0 fully saturated rings. The summed E-state index contributed by atoms with van der Waals surface area (Å²) >= 11 is 0. The highest BCUT2D eigenvalue weighted by molar-refractivity contribution is 5.17. The second-order valence-corrected chi connectivity index (χ2v) is 3.19. The highest BCUT2D eigenvalue weighted by atomic mass is 19.3. The quantitative estimate of drug-likeness (QED) is 0.665. The van der Waals surface area contributed by atoms with E-state index in [1.54, 1.807) is 36.4 Å². The maximum absolute atomic E-state index is 13.9. The van der Waals surface area contributed by atoms with E-state index in [0.717, 1.165) is 4.57 Å². The summed E-state index contributed by atoms with van der Waals surface area (Å²) in [6.07, 6.45) is 2.71. The fourth-order valence-corrected chi connectivity index (χ4v) is 1.37. The summed E-state index contributed by atoms with van der Waals surface area (Å²) in [6, 6.07) is 9.63. The number of nitrogens with zero attached hydrogens (tertiary/aromatic N) is 1. The third-order valence-electron chi connectivity index (χ3n) is 2.16. The molecular formula is C12H10F2N+. The van der Waals surface area contributed by atoms with Crippen LogP contribution in [0, 0.1) is 0 Å². The van der Waals surface area contributed by atoms with Gasteiger partial charge in [-0.3, -0.25) is 0 Å². The van der Waals surface area contributed by atoms with Crippen molar-refractivity contribution in [2.75, 3.05) is 0 Å². The molecule has 1 nitrogen and oxygen atoms in total. The summed E-state index contributed by atoms with van der Waals surface area (Å²) in [5.74, 6) is 0. The predicted octanol–water partition coefficient (Wildman–Crippen LogP) is 2.57. The van der Waals surface area contributed by atoms with Crippen molar-refractivity contribution in [1.29, 1.82) is 0 Å². The van der Waals surface area contributed by atoms with Crippen molar-refractivity contribution in [2.45, 2.75) is 6.05 Å². The summed E-state index contributed by atoms with van der Waals surface area (Å²) in [7, 11) is 0. The van der Waals surface area contributed by atoms with E-state index in [1.165, 1.54) is 24.5 Å². The van der Waals surface area contributed by atoms with Crippen LogP contribution in [0.2, 0.25) is 0 Å². The Morgan fingerprint density at radius 2 is 1.33 bits per heavy atom.